The average Bonchev–Trinajstić information content (AvgIpc) is 0. The maximum Gasteiger partial charge on any atom is 0 e. The van der Waals surface area contributed by atoms with Gasteiger partial charge in [0.25, 0.3) is 0 Å². The SMILES string of the molecule is [Mg].[Mn].[Nb].[Nb].[Ti].[Zr]. The summed E-state index contributed by atoms with van der Waals surface area (Å²) in [5, 5.41) is 0. The average molecular weight is 404 g/mol. The summed E-state index contributed by atoms with van der Waals surface area (Å²) in [6, 6.07) is 0. The van der Waals surface area contributed by atoms with Crippen LogP contribution >= 0.6 is 0 Å². The molecule has 0 aliphatic carbocycles. The number of rotatable bonds is 0. The molecule has 5 radical (unpaired) electrons. The van der Waals surface area contributed by atoms with Crippen molar-refractivity contribution >= 4 is 23.1 Å². The molecule has 0 aromatic rings. The summed E-state index contributed by atoms with van der Waals surface area (Å²) in [5.41, 5.74) is 0. The molecule has 0 amide bonds. The molecular weight excluding hydrogens is 404 g/mol. The van der Waals surface area contributed by atoms with Crippen molar-refractivity contribution in [1.29, 1.82) is 0 Å². The molecule has 0 aromatic heterocycles. The quantitative estimate of drug-likeness (QED) is 0.483. The summed E-state index contributed by atoms with van der Waals surface area (Å²) >= 11 is 0. The van der Waals surface area contributed by atoms with Crippen molar-refractivity contribution in [3.05, 3.63) is 0 Å². The Hall–Kier alpha value is 4.36. The van der Waals surface area contributed by atoms with Gasteiger partial charge in [-0.3, -0.25) is 0 Å². The van der Waals surface area contributed by atoms with E-state index in [0.29, 0.717) is 0 Å². The number of hydrogen-bond acceptors (Lipinski definition) is 0. The van der Waals surface area contributed by atoms with E-state index < -0.39 is 0 Å². The van der Waals surface area contributed by atoms with Gasteiger partial charge in [-0.1, -0.05) is 0 Å². The molecule has 0 N–H and O–H groups in total. The molecule has 0 rings (SSSR count). The van der Waals surface area contributed by atoms with Gasteiger partial charge in [0, 0.05) is 133 Å². The standard InChI is InChI=1S/Mg.Mn.2Nb.Ti.Zr. The molecule has 6 heavy (non-hydrogen) atoms. The van der Waals surface area contributed by atoms with Gasteiger partial charge in [0.15, 0.2) is 0 Å². The van der Waals surface area contributed by atoms with Gasteiger partial charge in [-0.05, 0) is 0 Å². The van der Waals surface area contributed by atoms with Gasteiger partial charge in [-0.2, -0.15) is 0 Å². The predicted molar refractivity (Wildman–Crippen MR) is 5.75 cm³/mol. The molecular formula is MgMnNb2TiZr. The summed E-state index contributed by atoms with van der Waals surface area (Å²) in [6.45, 7) is 0. The molecule has 0 nitrogen and oxygen atoms in total. The Balaban J connectivity index is 0. The van der Waals surface area contributed by atoms with Gasteiger partial charge in [0.05, 0.1) is 0 Å². The first-order chi connectivity index (χ1) is 0. The van der Waals surface area contributed by atoms with Crippen molar-refractivity contribution in [2.24, 2.45) is 0 Å². The van der Waals surface area contributed by atoms with E-state index in [1.165, 1.54) is 0 Å². The molecule has 0 spiro atoms. The van der Waals surface area contributed by atoms with Crippen molar-refractivity contribution in [3.8, 4) is 0 Å². The summed E-state index contributed by atoms with van der Waals surface area (Å²) in [6.07, 6.45) is 0. The molecule has 0 aliphatic rings. The molecule has 0 saturated heterocycles. The fourth-order valence-corrected chi connectivity index (χ4v) is 0. The normalized spacial score (nSPS) is 0. The van der Waals surface area contributed by atoms with Gasteiger partial charge in [0.1, 0.15) is 0 Å². The Morgan fingerprint density at radius 2 is 0.833 bits per heavy atom. The molecule has 0 unspecified atom stereocenters. The van der Waals surface area contributed by atoms with Crippen LogP contribution in [0.25, 0.3) is 0 Å². The summed E-state index contributed by atoms with van der Waals surface area (Å²) in [4.78, 5) is 0. The third-order valence-corrected chi connectivity index (χ3v) is 0. The van der Waals surface area contributed by atoms with E-state index in [2.05, 4.69) is 0 Å². The minimum atomic E-state index is 0. The smallest absolute Gasteiger partial charge is 0 e. The minimum Gasteiger partial charge on any atom is 0 e. The molecule has 0 heterocycles. The van der Waals surface area contributed by atoms with Gasteiger partial charge >= 0.3 is 0 Å². The molecule has 0 aromatic carbocycles. The predicted octanol–water partition coefficient (Wildman–Crippen LogP) is -0.393. The van der Waals surface area contributed by atoms with Crippen LogP contribution in [0.4, 0.5) is 0 Å². The van der Waals surface area contributed by atoms with E-state index in [9.17, 15) is 0 Å². The summed E-state index contributed by atoms with van der Waals surface area (Å²) in [7, 11) is 0. The minimum absolute atomic E-state index is 0. The van der Waals surface area contributed by atoms with Crippen LogP contribution in [-0.4, -0.2) is 23.1 Å². The molecule has 0 bridgehead atoms. The van der Waals surface area contributed by atoms with Gasteiger partial charge in [-0.15, -0.1) is 0 Å². The van der Waals surface area contributed by atoms with E-state index in [-0.39, 0.29) is 133 Å². The first kappa shape index (κ1) is 47.7. The van der Waals surface area contributed by atoms with E-state index in [4.69, 9.17) is 0 Å². The molecule has 0 fully saturated rings. The first-order valence-electron chi connectivity index (χ1n) is 0. The molecule has 0 atom stereocenters. The van der Waals surface area contributed by atoms with Crippen LogP contribution < -0.4 is 0 Å². The monoisotopic (exact) mass is 403 g/mol. The molecule has 27 valence electrons. The molecule has 0 saturated carbocycles. The van der Waals surface area contributed by atoms with E-state index in [0.717, 1.165) is 0 Å². The van der Waals surface area contributed by atoms with Crippen LogP contribution in [0.2, 0.25) is 0 Å². The fraction of sp³-hybridized carbons (Fsp3) is 0. The Bertz CT molecular complexity index is 13.5. The second-order valence-electron chi connectivity index (χ2n) is 0. The second-order valence-corrected chi connectivity index (χ2v) is 0. The molecule has 6 heteroatoms. The second kappa shape index (κ2) is 34.4. The van der Waals surface area contributed by atoms with Gasteiger partial charge in [-0.25, -0.2) is 0 Å². The van der Waals surface area contributed by atoms with Gasteiger partial charge in [0.2, 0.25) is 0 Å². The topological polar surface area (TPSA) is 0 Å². The van der Waals surface area contributed by atoms with Crippen LogP contribution in [-0.2, 0) is 110 Å². The zero-order valence-electron chi connectivity index (χ0n) is 2.98. The largest absolute Gasteiger partial charge is 0 e. The van der Waals surface area contributed by atoms with E-state index in [1.807, 2.05) is 0 Å². The first-order valence-corrected chi connectivity index (χ1v) is 0. The van der Waals surface area contributed by atoms with Crippen LogP contribution in [0, 0.1) is 0 Å². The van der Waals surface area contributed by atoms with Crippen molar-refractivity contribution < 1.29 is 110 Å². The number of hydrogen-bond donors (Lipinski definition) is 0. The van der Waals surface area contributed by atoms with Gasteiger partial charge < -0.3 is 0 Å². The Kier molecular flexibility index (Phi) is 274. The Morgan fingerprint density at radius 3 is 0.833 bits per heavy atom. The zero-order chi connectivity index (χ0) is 0. The maximum atomic E-state index is 0. The Labute approximate surface area is 130 Å². The zero-order valence-corrected chi connectivity index (χ0v) is 14.0. The van der Waals surface area contributed by atoms with Crippen molar-refractivity contribution in [2.75, 3.05) is 0 Å². The van der Waals surface area contributed by atoms with Crippen molar-refractivity contribution in [2.45, 2.75) is 0 Å². The van der Waals surface area contributed by atoms with Crippen molar-refractivity contribution in [3.63, 3.8) is 0 Å². The third kappa shape index (κ3) is 23.8. The third-order valence-electron chi connectivity index (χ3n) is 0. The van der Waals surface area contributed by atoms with E-state index >= 15 is 0 Å². The van der Waals surface area contributed by atoms with Crippen LogP contribution in [0.1, 0.15) is 0 Å². The van der Waals surface area contributed by atoms with E-state index in [1.54, 1.807) is 0 Å². The summed E-state index contributed by atoms with van der Waals surface area (Å²) in [5.74, 6) is 0. The van der Waals surface area contributed by atoms with Crippen LogP contribution in [0.5, 0.6) is 0 Å². The van der Waals surface area contributed by atoms with Crippen LogP contribution in [0.3, 0.4) is 0 Å². The summed E-state index contributed by atoms with van der Waals surface area (Å²) < 4.78 is 0. The van der Waals surface area contributed by atoms with Crippen LogP contribution in [0.15, 0.2) is 0 Å². The Morgan fingerprint density at radius 1 is 0.833 bits per heavy atom. The fourth-order valence-electron chi connectivity index (χ4n) is 0. The molecule has 0 aliphatic heterocycles. The maximum absolute atomic E-state index is 0. The van der Waals surface area contributed by atoms with Crippen molar-refractivity contribution in [1.82, 2.24) is 0 Å².